The number of hydrogen-bond acceptors (Lipinski definition) is 4. The predicted octanol–water partition coefficient (Wildman–Crippen LogP) is 3.63. The third-order valence-electron chi connectivity index (χ3n) is 3.29. The van der Waals surface area contributed by atoms with Crippen LogP contribution in [0.1, 0.15) is 30.1 Å². The molecule has 4 nitrogen and oxygen atoms in total. The molecule has 0 aliphatic heterocycles. The summed E-state index contributed by atoms with van der Waals surface area (Å²) in [6.45, 7) is 0.696. The maximum Gasteiger partial charge on any atom is 0.135 e. The van der Waals surface area contributed by atoms with Crippen molar-refractivity contribution >= 4 is 17.4 Å². The lowest BCUT2D eigenvalue weighted by atomic mass is 10.2. The maximum absolute atomic E-state index is 6.04. The molecule has 1 N–H and O–H groups in total. The third kappa shape index (κ3) is 3.20. The van der Waals surface area contributed by atoms with Crippen LogP contribution in [0.25, 0.3) is 0 Å². The average molecular weight is 290 g/mol. The van der Waals surface area contributed by atoms with Crippen LogP contribution in [0, 0.1) is 0 Å². The minimum Gasteiger partial charge on any atom is -0.497 e. The molecule has 0 bridgehead atoms. The summed E-state index contributed by atoms with van der Waals surface area (Å²) in [6, 6.07) is 9.70. The Morgan fingerprint density at radius 2 is 2.00 bits per heavy atom. The largest absolute Gasteiger partial charge is 0.497 e. The molecule has 1 aromatic carbocycles. The van der Waals surface area contributed by atoms with E-state index in [2.05, 4.69) is 15.3 Å². The van der Waals surface area contributed by atoms with E-state index in [9.17, 15) is 0 Å². The van der Waals surface area contributed by atoms with Gasteiger partial charge in [-0.15, -0.1) is 0 Å². The van der Waals surface area contributed by atoms with Gasteiger partial charge in [0.25, 0.3) is 0 Å². The lowest BCUT2D eigenvalue weighted by Gasteiger charge is -2.08. The second-order valence-corrected chi connectivity index (χ2v) is 5.30. The highest BCUT2D eigenvalue weighted by molar-refractivity contribution is 6.29. The van der Waals surface area contributed by atoms with Crippen molar-refractivity contribution in [1.29, 1.82) is 0 Å². The van der Waals surface area contributed by atoms with Gasteiger partial charge in [-0.25, -0.2) is 9.97 Å². The molecular formula is C15H16ClN3O. The van der Waals surface area contributed by atoms with Crippen LogP contribution in [-0.2, 0) is 6.54 Å². The molecule has 1 aliphatic rings. The van der Waals surface area contributed by atoms with Crippen LogP contribution in [0.3, 0.4) is 0 Å². The molecule has 0 unspecified atom stereocenters. The predicted molar refractivity (Wildman–Crippen MR) is 79.3 cm³/mol. The molecule has 0 atom stereocenters. The first-order valence-corrected chi connectivity index (χ1v) is 7.03. The molecule has 0 saturated heterocycles. The summed E-state index contributed by atoms with van der Waals surface area (Å²) in [5, 5.41) is 3.79. The molecular weight excluding hydrogens is 274 g/mol. The van der Waals surface area contributed by atoms with Crippen molar-refractivity contribution in [3.8, 4) is 5.75 Å². The average Bonchev–Trinajstić information content (AvgIpc) is 3.30. The van der Waals surface area contributed by atoms with Crippen LogP contribution < -0.4 is 10.1 Å². The lowest BCUT2D eigenvalue weighted by molar-refractivity contribution is 0.414. The zero-order valence-electron chi connectivity index (χ0n) is 11.3. The smallest absolute Gasteiger partial charge is 0.135 e. The van der Waals surface area contributed by atoms with E-state index >= 15 is 0 Å². The van der Waals surface area contributed by atoms with E-state index in [0.29, 0.717) is 17.6 Å². The highest BCUT2D eigenvalue weighted by Gasteiger charge is 2.27. The monoisotopic (exact) mass is 289 g/mol. The Morgan fingerprint density at radius 3 is 2.65 bits per heavy atom. The highest BCUT2D eigenvalue weighted by atomic mass is 35.5. The molecule has 0 radical (unpaired) electrons. The summed E-state index contributed by atoms with van der Waals surface area (Å²) in [7, 11) is 1.66. The van der Waals surface area contributed by atoms with Gasteiger partial charge < -0.3 is 10.1 Å². The number of nitrogens with zero attached hydrogens (tertiary/aromatic N) is 2. The molecule has 1 fully saturated rings. The molecule has 0 amide bonds. The Kier molecular flexibility index (Phi) is 3.74. The van der Waals surface area contributed by atoms with Crippen molar-refractivity contribution in [2.75, 3.05) is 12.4 Å². The number of halogens is 1. The highest BCUT2D eigenvalue weighted by Crippen LogP contribution is 2.38. The topological polar surface area (TPSA) is 47.0 Å². The molecule has 2 aromatic rings. The summed E-state index contributed by atoms with van der Waals surface area (Å²) in [5.41, 5.74) is 1.16. The molecule has 1 saturated carbocycles. The van der Waals surface area contributed by atoms with Crippen molar-refractivity contribution in [3.63, 3.8) is 0 Å². The van der Waals surface area contributed by atoms with Crippen molar-refractivity contribution < 1.29 is 4.74 Å². The minimum atomic E-state index is 0.496. The zero-order valence-corrected chi connectivity index (χ0v) is 12.0. The van der Waals surface area contributed by atoms with Crippen LogP contribution in [-0.4, -0.2) is 17.1 Å². The second kappa shape index (κ2) is 5.67. The summed E-state index contributed by atoms with van der Waals surface area (Å²) >= 11 is 6.04. The number of methoxy groups -OCH3 is 1. The zero-order chi connectivity index (χ0) is 13.9. The van der Waals surface area contributed by atoms with Crippen molar-refractivity contribution in [2.45, 2.75) is 25.3 Å². The van der Waals surface area contributed by atoms with Crippen LogP contribution in [0.15, 0.2) is 30.3 Å². The molecule has 104 valence electrons. The molecule has 1 aliphatic carbocycles. The Morgan fingerprint density at radius 1 is 1.25 bits per heavy atom. The molecule has 20 heavy (non-hydrogen) atoms. The number of nitrogens with one attached hydrogen (secondary N) is 1. The fraction of sp³-hybridized carbons (Fsp3) is 0.333. The van der Waals surface area contributed by atoms with Gasteiger partial charge in [0, 0.05) is 18.5 Å². The van der Waals surface area contributed by atoms with E-state index in [4.69, 9.17) is 16.3 Å². The van der Waals surface area contributed by atoms with E-state index in [1.54, 1.807) is 13.2 Å². The van der Waals surface area contributed by atoms with Crippen LogP contribution in [0.5, 0.6) is 5.75 Å². The maximum atomic E-state index is 6.04. The van der Waals surface area contributed by atoms with Crippen molar-refractivity contribution in [3.05, 3.63) is 46.9 Å². The van der Waals surface area contributed by atoms with E-state index < -0.39 is 0 Å². The molecule has 0 spiro atoms. The first-order chi connectivity index (χ1) is 9.74. The fourth-order valence-electron chi connectivity index (χ4n) is 1.99. The molecule has 1 heterocycles. The van der Waals surface area contributed by atoms with E-state index in [0.717, 1.165) is 35.8 Å². The third-order valence-corrected chi connectivity index (χ3v) is 3.48. The van der Waals surface area contributed by atoms with Gasteiger partial charge in [-0.1, -0.05) is 23.7 Å². The van der Waals surface area contributed by atoms with Crippen LogP contribution in [0.4, 0.5) is 5.82 Å². The molecule has 5 heteroatoms. The van der Waals surface area contributed by atoms with Gasteiger partial charge in [0.05, 0.1) is 7.11 Å². The normalized spacial score (nSPS) is 14.1. The van der Waals surface area contributed by atoms with Gasteiger partial charge in [0.2, 0.25) is 0 Å². The Labute approximate surface area is 123 Å². The Bertz CT molecular complexity index is 597. The fourth-order valence-corrected chi connectivity index (χ4v) is 2.18. The molecule has 3 rings (SSSR count). The number of anilines is 1. The van der Waals surface area contributed by atoms with E-state index in [1.807, 2.05) is 24.3 Å². The first kappa shape index (κ1) is 13.2. The van der Waals surface area contributed by atoms with E-state index in [1.165, 1.54) is 0 Å². The summed E-state index contributed by atoms with van der Waals surface area (Å²) < 4.78 is 5.14. The number of benzene rings is 1. The molecule has 1 aromatic heterocycles. The lowest BCUT2D eigenvalue weighted by Crippen LogP contribution is -2.04. The summed E-state index contributed by atoms with van der Waals surface area (Å²) in [4.78, 5) is 8.78. The number of hydrogen-bond donors (Lipinski definition) is 1. The SMILES string of the molecule is COc1ccc(CNc2cc(Cl)nc(C3CC3)n2)cc1. The van der Waals surface area contributed by atoms with Gasteiger partial charge in [0.15, 0.2) is 0 Å². The Hall–Kier alpha value is -1.81. The van der Waals surface area contributed by atoms with Gasteiger partial charge in [-0.2, -0.15) is 0 Å². The number of rotatable bonds is 5. The van der Waals surface area contributed by atoms with Gasteiger partial charge in [-0.05, 0) is 30.5 Å². The standard InChI is InChI=1S/C15H16ClN3O/c1-20-12-6-2-10(3-7-12)9-17-14-8-13(16)18-15(19-14)11-4-5-11/h2-3,6-8,11H,4-5,9H2,1H3,(H,17,18,19). The van der Waals surface area contributed by atoms with Gasteiger partial charge in [0.1, 0.15) is 22.5 Å². The summed E-state index contributed by atoms with van der Waals surface area (Å²) in [5.74, 6) is 2.99. The number of aromatic nitrogens is 2. The first-order valence-electron chi connectivity index (χ1n) is 6.66. The van der Waals surface area contributed by atoms with E-state index in [-0.39, 0.29) is 0 Å². The van der Waals surface area contributed by atoms with Gasteiger partial charge >= 0.3 is 0 Å². The number of ether oxygens (including phenoxy) is 1. The quantitative estimate of drug-likeness (QED) is 0.854. The second-order valence-electron chi connectivity index (χ2n) is 4.91. The minimum absolute atomic E-state index is 0.496. The van der Waals surface area contributed by atoms with Crippen molar-refractivity contribution in [1.82, 2.24) is 9.97 Å². The van der Waals surface area contributed by atoms with Crippen molar-refractivity contribution in [2.24, 2.45) is 0 Å². The van der Waals surface area contributed by atoms with Crippen LogP contribution >= 0.6 is 11.6 Å². The van der Waals surface area contributed by atoms with Crippen LogP contribution in [0.2, 0.25) is 5.15 Å². The Balaban J connectivity index is 1.67. The summed E-state index contributed by atoms with van der Waals surface area (Å²) in [6.07, 6.45) is 2.33. The van der Waals surface area contributed by atoms with Gasteiger partial charge in [-0.3, -0.25) is 0 Å².